The van der Waals surface area contributed by atoms with E-state index in [9.17, 15) is 0 Å². The molecule has 0 aliphatic carbocycles. The van der Waals surface area contributed by atoms with Crippen molar-refractivity contribution in [2.24, 2.45) is 0 Å². The Morgan fingerprint density at radius 1 is 1.42 bits per heavy atom. The van der Waals surface area contributed by atoms with Crippen LogP contribution in [-0.2, 0) is 4.74 Å². The molecular formula is C14H20N4O. The van der Waals surface area contributed by atoms with Crippen LogP contribution in [0.3, 0.4) is 0 Å². The third-order valence-corrected chi connectivity index (χ3v) is 3.70. The SMILES string of the molecule is CC1CC(NC(C)c2nnc3ccccn23)CCO1. The van der Waals surface area contributed by atoms with Crippen LogP contribution in [0.2, 0.25) is 0 Å². The first-order valence-corrected chi connectivity index (χ1v) is 6.91. The van der Waals surface area contributed by atoms with E-state index >= 15 is 0 Å². The number of rotatable bonds is 3. The van der Waals surface area contributed by atoms with Gasteiger partial charge in [-0.3, -0.25) is 4.40 Å². The second-order valence-electron chi connectivity index (χ2n) is 5.28. The molecule has 0 radical (unpaired) electrons. The van der Waals surface area contributed by atoms with Gasteiger partial charge < -0.3 is 10.1 Å². The standard InChI is InChI=1S/C14H20N4O/c1-10-9-12(6-8-19-10)15-11(2)14-17-16-13-5-3-4-7-18(13)14/h3-5,7,10-12,15H,6,8-9H2,1-2H3. The third-order valence-electron chi connectivity index (χ3n) is 3.70. The third kappa shape index (κ3) is 2.62. The number of aromatic nitrogens is 3. The summed E-state index contributed by atoms with van der Waals surface area (Å²) in [5, 5.41) is 12.1. The molecule has 5 heteroatoms. The van der Waals surface area contributed by atoms with Gasteiger partial charge in [-0.2, -0.15) is 0 Å². The fourth-order valence-electron chi connectivity index (χ4n) is 2.73. The molecule has 19 heavy (non-hydrogen) atoms. The van der Waals surface area contributed by atoms with Gasteiger partial charge in [0.2, 0.25) is 0 Å². The first kappa shape index (κ1) is 12.6. The van der Waals surface area contributed by atoms with Crippen LogP contribution in [0.4, 0.5) is 0 Å². The molecule has 3 unspecified atom stereocenters. The van der Waals surface area contributed by atoms with E-state index in [-0.39, 0.29) is 6.04 Å². The Hall–Kier alpha value is -1.46. The minimum absolute atomic E-state index is 0.188. The Bertz CT molecular complexity index is 553. The maximum Gasteiger partial charge on any atom is 0.160 e. The van der Waals surface area contributed by atoms with Crippen LogP contribution in [0.1, 0.15) is 38.6 Å². The lowest BCUT2D eigenvalue weighted by Gasteiger charge is -2.30. The van der Waals surface area contributed by atoms with Crippen molar-refractivity contribution in [1.29, 1.82) is 0 Å². The number of nitrogens with zero attached hydrogens (tertiary/aromatic N) is 3. The van der Waals surface area contributed by atoms with Gasteiger partial charge in [0.1, 0.15) is 0 Å². The lowest BCUT2D eigenvalue weighted by Crippen LogP contribution is -2.39. The van der Waals surface area contributed by atoms with E-state index in [1.165, 1.54) is 0 Å². The van der Waals surface area contributed by atoms with E-state index in [0.29, 0.717) is 12.1 Å². The van der Waals surface area contributed by atoms with Crippen molar-refractivity contribution in [3.05, 3.63) is 30.2 Å². The van der Waals surface area contributed by atoms with Crippen LogP contribution in [0, 0.1) is 0 Å². The number of nitrogens with one attached hydrogen (secondary N) is 1. The second-order valence-corrected chi connectivity index (χ2v) is 5.28. The number of hydrogen-bond donors (Lipinski definition) is 1. The Balaban J connectivity index is 1.74. The van der Waals surface area contributed by atoms with Crippen molar-refractivity contribution in [3.8, 4) is 0 Å². The summed E-state index contributed by atoms with van der Waals surface area (Å²) in [6, 6.07) is 6.64. The Morgan fingerprint density at radius 2 is 2.32 bits per heavy atom. The van der Waals surface area contributed by atoms with Gasteiger partial charge in [-0.1, -0.05) is 6.07 Å². The molecule has 1 saturated heterocycles. The largest absolute Gasteiger partial charge is 0.378 e. The van der Waals surface area contributed by atoms with Crippen LogP contribution in [0.25, 0.3) is 5.65 Å². The smallest absolute Gasteiger partial charge is 0.160 e. The number of ether oxygens (including phenoxy) is 1. The van der Waals surface area contributed by atoms with Gasteiger partial charge in [0.05, 0.1) is 12.1 Å². The van der Waals surface area contributed by atoms with E-state index in [1.54, 1.807) is 0 Å². The summed E-state index contributed by atoms with van der Waals surface area (Å²) < 4.78 is 7.62. The molecule has 1 aliphatic heterocycles. The Morgan fingerprint density at radius 3 is 3.16 bits per heavy atom. The Labute approximate surface area is 113 Å². The first-order chi connectivity index (χ1) is 9.24. The summed E-state index contributed by atoms with van der Waals surface area (Å²) in [6.07, 6.45) is 4.47. The molecular weight excluding hydrogens is 240 g/mol. The molecule has 0 spiro atoms. The van der Waals surface area contributed by atoms with Crippen LogP contribution in [0.15, 0.2) is 24.4 Å². The average molecular weight is 260 g/mol. The highest BCUT2D eigenvalue weighted by molar-refractivity contribution is 5.37. The summed E-state index contributed by atoms with van der Waals surface area (Å²) in [7, 11) is 0. The maximum absolute atomic E-state index is 5.58. The second kappa shape index (κ2) is 5.27. The van der Waals surface area contributed by atoms with E-state index in [1.807, 2.05) is 28.8 Å². The molecule has 0 amide bonds. The van der Waals surface area contributed by atoms with Gasteiger partial charge in [0, 0.05) is 18.8 Å². The van der Waals surface area contributed by atoms with Gasteiger partial charge in [-0.25, -0.2) is 0 Å². The van der Waals surface area contributed by atoms with Crippen molar-refractivity contribution >= 4 is 5.65 Å². The first-order valence-electron chi connectivity index (χ1n) is 6.91. The molecule has 2 aromatic rings. The minimum atomic E-state index is 0.188. The number of hydrogen-bond acceptors (Lipinski definition) is 4. The van der Waals surface area contributed by atoms with Gasteiger partial charge in [0.15, 0.2) is 11.5 Å². The molecule has 0 aromatic carbocycles. The van der Waals surface area contributed by atoms with Gasteiger partial charge in [-0.15, -0.1) is 10.2 Å². The van der Waals surface area contributed by atoms with E-state index in [2.05, 4.69) is 29.4 Å². The highest BCUT2D eigenvalue weighted by Crippen LogP contribution is 2.18. The Kier molecular flexibility index (Phi) is 3.48. The van der Waals surface area contributed by atoms with Gasteiger partial charge in [-0.05, 0) is 38.8 Å². The quantitative estimate of drug-likeness (QED) is 0.916. The van der Waals surface area contributed by atoms with E-state index < -0.39 is 0 Å². The predicted octanol–water partition coefficient (Wildman–Crippen LogP) is 1.95. The average Bonchev–Trinajstić information content (AvgIpc) is 2.82. The van der Waals surface area contributed by atoms with Crippen molar-refractivity contribution in [1.82, 2.24) is 19.9 Å². The molecule has 5 nitrogen and oxygen atoms in total. The molecule has 0 saturated carbocycles. The van der Waals surface area contributed by atoms with E-state index in [0.717, 1.165) is 30.9 Å². The van der Waals surface area contributed by atoms with Crippen LogP contribution < -0.4 is 5.32 Å². The predicted molar refractivity (Wildman–Crippen MR) is 73.0 cm³/mol. The topological polar surface area (TPSA) is 51.5 Å². The normalized spacial score (nSPS) is 25.6. The van der Waals surface area contributed by atoms with Crippen molar-refractivity contribution < 1.29 is 4.74 Å². The lowest BCUT2D eigenvalue weighted by atomic mass is 10.0. The molecule has 0 bridgehead atoms. The molecule has 3 heterocycles. The fourth-order valence-corrected chi connectivity index (χ4v) is 2.73. The molecule has 2 aromatic heterocycles. The van der Waals surface area contributed by atoms with Gasteiger partial charge >= 0.3 is 0 Å². The summed E-state index contributed by atoms with van der Waals surface area (Å²) in [5.41, 5.74) is 0.895. The fraction of sp³-hybridized carbons (Fsp3) is 0.571. The zero-order chi connectivity index (χ0) is 13.2. The number of pyridine rings is 1. The lowest BCUT2D eigenvalue weighted by molar-refractivity contribution is 0.0114. The molecule has 102 valence electrons. The summed E-state index contributed by atoms with van der Waals surface area (Å²) >= 11 is 0. The maximum atomic E-state index is 5.58. The minimum Gasteiger partial charge on any atom is -0.378 e. The molecule has 3 rings (SSSR count). The zero-order valence-corrected chi connectivity index (χ0v) is 11.4. The molecule has 3 atom stereocenters. The highest BCUT2D eigenvalue weighted by Gasteiger charge is 2.22. The summed E-state index contributed by atoms with van der Waals surface area (Å²) in [6.45, 7) is 5.11. The van der Waals surface area contributed by atoms with Crippen LogP contribution in [-0.4, -0.2) is 33.4 Å². The molecule has 1 aliphatic rings. The van der Waals surface area contributed by atoms with E-state index in [4.69, 9.17) is 4.74 Å². The van der Waals surface area contributed by atoms with Gasteiger partial charge in [0.25, 0.3) is 0 Å². The van der Waals surface area contributed by atoms with Crippen molar-refractivity contribution in [2.75, 3.05) is 6.61 Å². The van der Waals surface area contributed by atoms with Crippen LogP contribution in [0.5, 0.6) is 0 Å². The van der Waals surface area contributed by atoms with Crippen molar-refractivity contribution in [2.45, 2.75) is 44.9 Å². The molecule has 1 N–H and O–H groups in total. The molecule has 1 fully saturated rings. The monoisotopic (exact) mass is 260 g/mol. The van der Waals surface area contributed by atoms with Crippen molar-refractivity contribution in [3.63, 3.8) is 0 Å². The summed E-state index contributed by atoms with van der Waals surface area (Å²) in [5.74, 6) is 0.967. The summed E-state index contributed by atoms with van der Waals surface area (Å²) in [4.78, 5) is 0. The highest BCUT2D eigenvalue weighted by atomic mass is 16.5. The number of fused-ring (bicyclic) bond motifs is 1. The zero-order valence-electron chi connectivity index (χ0n) is 11.4. The van der Waals surface area contributed by atoms with Crippen LogP contribution >= 0.6 is 0 Å².